The second-order valence-electron chi connectivity index (χ2n) is 3.87. The highest BCUT2D eigenvalue weighted by molar-refractivity contribution is 6.30. The lowest BCUT2D eigenvalue weighted by atomic mass is 10.1. The summed E-state index contributed by atoms with van der Waals surface area (Å²) in [7, 11) is 0. The van der Waals surface area contributed by atoms with E-state index in [9.17, 15) is 9.90 Å². The molecule has 0 aliphatic carbocycles. The first kappa shape index (κ1) is 14.1. The molecular formula is C12H15Cl2NO2. The van der Waals surface area contributed by atoms with Gasteiger partial charge in [0.15, 0.2) is 0 Å². The van der Waals surface area contributed by atoms with Crippen LogP contribution in [0.4, 0.5) is 0 Å². The maximum Gasteiger partial charge on any atom is 0.255 e. The molecule has 1 aromatic rings. The van der Waals surface area contributed by atoms with Crippen LogP contribution in [0.25, 0.3) is 0 Å². The van der Waals surface area contributed by atoms with E-state index in [1.807, 2.05) is 6.92 Å². The molecule has 0 fully saturated rings. The van der Waals surface area contributed by atoms with Gasteiger partial charge in [-0.3, -0.25) is 4.79 Å². The monoisotopic (exact) mass is 275 g/mol. The standard InChI is InChI=1S/C12H15Cl2NO2/c1-8(3-2-6-13)15-12(17)10-5-4-9(14)7-11(10)16/h4-5,7-8,16H,2-3,6H2,1H3,(H,15,17). The summed E-state index contributed by atoms with van der Waals surface area (Å²) in [5.41, 5.74) is 0.229. The van der Waals surface area contributed by atoms with Gasteiger partial charge in [0.25, 0.3) is 5.91 Å². The molecule has 17 heavy (non-hydrogen) atoms. The second kappa shape index (κ2) is 6.72. The first-order valence-corrected chi connectivity index (χ1v) is 6.31. The van der Waals surface area contributed by atoms with Gasteiger partial charge in [-0.2, -0.15) is 0 Å². The van der Waals surface area contributed by atoms with Crippen LogP contribution in [0, 0.1) is 0 Å². The number of hydrogen-bond acceptors (Lipinski definition) is 2. The summed E-state index contributed by atoms with van der Waals surface area (Å²) in [5, 5.41) is 12.8. The van der Waals surface area contributed by atoms with Crippen molar-refractivity contribution in [3.8, 4) is 5.75 Å². The zero-order chi connectivity index (χ0) is 12.8. The third-order valence-electron chi connectivity index (χ3n) is 2.35. The summed E-state index contributed by atoms with van der Waals surface area (Å²) in [6.45, 7) is 1.90. The van der Waals surface area contributed by atoms with Gasteiger partial charge in [0, 0.05) is 16.9 Å². The molecule has 1 rings (SSSR count). The molecule has 5 heteroatoms. The van der Waals surface area contributed by atoms with E-state index in [0.717, 1.165) is 12.8 Å². The lowest BCUT2D eigenvalue weighted by Gasteiger charge is -2.13. The van der Waals surface area contributed by atoms with Gasteiger partial charge in [-0.15, -0.1) is 11.6 Å². The van der Waals surface area contributed by atoms with E-state index in [4.69, 9.17) is 23.2 Å². The van der Waals surface area contributed by atoms with E-state index in [0.29, 0.717) is 10.9 Å². The summed E-state index contributed by atoms with van der Waals surface area (Å²) in [6.07, 6.45) is 1.65. The topological polar surface area (TPSA) is 49.3 Å². The van der Waals surface area contributed by atoms with Crippen LogP contribution in [-0.4, -0.2) is 22.9 Å². The maximum absolute atomic E-state index is 11.8. The summed E-state index contributed by atoms with van der Waals surface area (Å²) in [6, 6.07) is 4.44. The van der Waals surface area contributed by atoms with Crippen LogP contribution in [0.3, 0.4) is 0 Å². The SMILES string of the molecule is CC(CCCCl)NC(=O)c1ccc(Cl)cc1O. The fourth-order valence-electron chi connectivity index (χ4n) is 1.45. The van der Waals surface area contributed by atoms with Gasteiger partial charge in [0.05, 0.1) is 5.56 Å². The van der Waals surface area contributed by atoms with Crippen molar-refractivity contribution in [1.29, 1.82) is 0 Å². The summed E-state index contributed by atoms with van der Waals surface area (Å²) in [5.74, 6) is 0.160. The molecule has 0 aromatic heterocycles. The Balaban J connectivity index is 2.63. The number of benzene rings is 1. The molecule has 0 saturated carbocycles. The van der Waals surface area contributed by atoms with Crippen LogP contribution in [0.1, 0.15) is 30.1 Å². The lowest BCUT2D eigenvalue weighted by molar-refractivity contribution is 0.0935. The highest BCUT2D eigenvalue weighted by Gasteiger charge is 2.13. The van der Waals surface area contributed by atoms with Gasteiger partial charge in [0.2, 0.25) is 0 Å². The maximum atomic E-state index is 11.8. The first-order chi connectivity index (χ1) is 8.04. The normalized spacial score (nSPS) is 12.2. The predicted octanol–water partition coefficient (Wildman–Crippen LogP) is 3.18. The van der Waals surface area contributed by atoms with Crippen LogP contribution in [0.15, 0.2) is 18.2 Å². The minimum absolute atomic E-state index is 0.0244. The summed E-state index contributed by atoms with van der Waals surface area (Å²) < 4.78 is 0. The van der Waals surface area contributed by atoms with E-state index in [1.54, 1.807) is 6.07 Å². The van der Waals surface area contributed by atoms with Crippen molar-refractivity contribution in [2.24, 2.45) is 0 Å². The van der Waals surface area contributed by atoms with E-state index in [1.165, 1.54) is 12.1 Å². The van der Waals surface area contributed by atoms with Gasteiger partial charge >= 0.3 is 0 Å². The summed E-state index contributed by atoms with van der Waals surface area (Å²) in [4.78, 5) is 11.8. The Bertz CT molecular complexity index is 396. The molecule has 1 amide bonds. The van der Waals surface area contributed by atoms with E-state index >= 15 is 0 Å². The molecular weight excluding hydrogens is 261 g/mol. The summed E-state index contributed by atoms with van der Waals surface area (Å²) >= 11 is 11.3. The number of amides is 1. The van der Waals surface area contributed by atoms with Gasteiger partial charge < -0.3 is 10.4 Å². The van der Waals surface area contributed by atoms with Gasteiger partial charge in [-0.05, 0) is 38.0 Å². The number of carbonyl (C=O) groups is 1. The number of nitrogens with one attached hydrogen (secondary N) is 1. The Morgan fingerprint density at radius 2 is 2.24 bits per heavy atom. The van der Waals surface area contributed by atoms with Gasteiger partial charge in [-0.25, -0.2) is 0 Å². The molecule has 1 aromatic carbocycles. The van der Waals surface area contributed by atoms with Crippen molar-refractivity contribution < 1.29 is 9.90 Å². The molecule has 3 nitrogen and oxygen atoms in total. The van der Waals surface area contributed by atoms with Crippen LogP contribution in [-0.2, 0) is 0 Å². The Morgan fingerprint density at radius 1 is 1.53 bits per heavy atom. The minimum Gasteiger partial charge on any atom is -0.507 e. The van der Waals surface area contributed by atoms with Crippen molar-refractivity contribution in [2.75, 3.05) is 5.88 Å². The highest BCUT2D eigenvalue weighted by Crippen LogP contribution is 2.21. The number of rotatable bonds is 5. The zero-order valence-corrected chi connectivity index (χ0v) is 11.1. The lowest BCUT2D eigenvalue weighted by Crippen LogP contribution is -2.32. The molecule has 0 spiro atoms. The molecule has 0 aliphatic rings. The van der Waals surface area contributed by atoms with Crippen molar-refractivity contribution in [3.63, 3.8) is 0 Å². The average Bonchev–Trinajstić information content (AvgIpc) is 2.26. The Labute approximate surface area is 111 Å². The molecule has 1 unspecified atom stereocenters. The Kier molecular flexibility index (Phi) is 5.59. The Hall–Kier alpha value is -0.930. The van der Waals surface area contributed by atoms with Crippen molar-refractivity contribution in [3.05, 3.63) is 28.8 Å². The highest BCUT2D eigenvalue weighted by atomic mass is 35.5. The molecule has 0 radical (unpaired) electrons. The zero-order valence-electron chi connectivity index (χ0n) is 9.54. The molecule has 1 atom stereocenters. The van der Waals surface area contributed by atoms with E-state index in [-0.39, 0.29) is 23.3 Å². The average molecular weight is 276 g/mol. The smallest absolute Gasteiger partial charge is 0.255 e. The third kappa shape index (κ3) is 4.44. The van der Waals surface area contributed by atoms with E-state index < -0.39 is 0 Å². The van der Waals surface area contributed by atoms with Crippen molar-refractivity contribution in [1.82, 2.24) is 5.32 Å². The largest absolute Gasteiger partial charge is 0.507 e. The molecule has 0 heterocycles. The molecule has 0 saturated heterocycles. The third-order valence-corrected chi connectivity index (χ3v) is 2.86. The Morgan fingerprint density at radius 3 is 2.82 bits per heavy atom. The van der Waals surface area contributed by atoms with Crippen molar-refractivity contribution >= 4 is 29.1 Å². The number of phenols is 1. The molecule has 2 N–H and O–H groups in total. The number of aromatic hydroxyl groups is 1. The van der Waals surface area contributed by atoms with Crippen LogP contribution in [0.2, 0.25) is 5.02 Å². The van der Waals surface area contributed by atoms with Crippen LogP contribution in [0.5, 0.6) is 5.75 Å². The molecule has 94 valence electrons. The number of phenolic OH excluding ortho intramolecular Hbond substituents is 1. The number of halogens is 2. The van der Waals surface area contributed by atoms with Crippen LogP contribution < -0.4 is 5.32 Å². The first-order valence-electron chi connectivity index (χ1n) is 5.40. The van der Waals surface area contributed by atoms with Crippen molar-refractivity contribution in [2.45, 2.75) is 25.8 Å². The number of alkyl halides is 1. The minimum atomic E-state index is -0.304. The number of carbonyl (C=O) groups excluding carboxylic acids is 1. The fourth-order valence-corrected chi connectivity index (χ4v) is 1.77. The van der Waals surface area contributed by atoms with Crippen LogP contribution >= 0.6 is 23.2 Å². The van der Waals surface area contributed by atoms with E-state index in [2.05, 4.69) is 5.32 Å². The quantitative estimate of drug-likeness (QED) is 0.811. The predicted molar refractivity (Wildman–Crippen MR) is 70.0 cm³/mol. The van der Waals surface area contributed by atoms with Gasteiger partial charge in [-0.1, -0.05) is 11.6 Å². The number of hydrogen-bond donors (Lipinski definition) is 2. The second-order valence-corrected chi connectivity index (χ2v) is 4.68. The fraction of sp³-hybridized carbons (Fsp3) is 0.417. The molecule has 0 aliphatic heterocycles. The van der Waals surface area contributed by atoms with Gasteiger partial charge in [0.1, 0.15) is 5.75 Å². The molecule has 0 bridgehead atoms.